The molecule has 0 spiro atoms. The number of hydrogen-bond donors (Lipinski definition) is 2. The van der Waals surface area contributed by atoms with E-state index in [9.17, 15) is 0 Å². The first kappa shape index (κ1) is 13.5. The molecule has 0 aromatic heterocycles. The molecule has 1 aliphatic carbocycles. The van der Waals surface area contributed by atoms with E-state index in [2.05, 4.69) is 10.1 Å². The molecule has 1 heterocycles. The Morgan fingerprint density at radius 3 is 3.10 bits per heavy atom. The van der Waals surface area contributed by atoms with Gasteiger partial charge < -0.3 is 20.6 Å². The number of nitrogens with zero attached hydrogens (tertiary/aromatic N) is 2. The lowest BCUT2D eigenvalue weighted by atomic mass is 10.1. The van der Waals surface area contributed by atoms with Crippen LogP contribution >= 0.6 is 11.6 Å². The van der Waals surface area contributed by atoms with E-state index < -0.39 is 0 Å². The Morgan fingerprint density at radius 2 is 2.30 bits per heavy atom. The van der Waals surface area contributed by atoms with Gasteiger partial charge in [0, 0.05) is 12.2 Å². The van der Waals surface area contributed by atoms with Crippen molar-refractivity contribution in [1.29, 1.82) is 0 Å². The molecule has 1 aliphatic heterocycles. The monoisotopic (exact) mass is 295 g/mol. The summed E-state index contributed by atoms with van der Waals surface area (Å²) in [4.78, 5) is 2.29. The van der Waals surface area contributed by atoms with Gasteiger partial charge >= 0.3 is 0 Å². The second-order valence-electron chi connectivity index (χ2n) is 5.22. The zero-order valence-electron chi connectivity index (χ0n) is 11.1. The Kier molecular flexibility index (Phi) is 3.72. The molecule has 1 aromatic rings. The van der Waals surface area contributed by atoms with Crippen LogP contribution in [0.2, 0.25) is 5.02 Å². The Balaban J connectivity index is 2.03. The van der Waals surface area contributed by atoms with Crippen molar-refractivity contribution in [2.45, 2.75) is 31.4 Å². The van der Waals surface area contributed by atoms with Crippen LogP contribution in [-0.4, -0.2) is 36.3 Å². The molecule has 2 atom stereocenters. The molecule has 2 aliphatic rings. The SMILES string of the molecule is NC(=NO)c1c(Cl)cccc1N1CCOC2CCCC21. The lowest BCUT2D eigenvalue weighted by molar-refractivity contribution is 0.0256. The number of amidine groups is 1. The summed E-state index contributed by atoms with van der Waals surface area (Å²) in [5.41, 5.74) is 7.32. The second kappa shape index (κ2) is 5.50. The highest BCUT2D eigenvalue weighted by molar-refractivity contribution is 6.34. The van der Waals surface area contributed by atoms with Crippen molar-refractivity contribution in [3.63, 3.8) is 0 Å². The molecule has 6 heteroatoms. The zero-order valence-corrected chi connectivity index (χ0v) is 11.9. The Labute approximate surface area is 122 Å². The largest absolute Gasteiger partial charge is 0.409 e. The van der Waals surface area contributed by atoms with Crippen LogP contribution in [0.3, 0.4) is 0 Å². The van der Waals surface area contributed by atoms with Crippen LogP contribution in [0.4, 0.5) is 5.69 Å². The number of rotatable bonds is 2. The molecule has 3 N–H and O–H groups in total. The van der Waals surface area contributed by atoms with Gasteiger partial charge in [0.05, 0.1) is 29.3 Å². The first-order valence-electron chi connectivity index (χ1n) is 6.87. The quantitative estimate of drug-likeness (QED) is 0.380. The highest BCUT2D eigenvalue weighted by atomic mass is 35.5. The molecule has 0 amide bonds. The Bertz CT molecular complexity index is 535. The number of oxime groups is 1. The molecule has 1 aromatic carbocycles. The van der Waals surface area contributed by atoms with Crippen LogP contribution in [0.15, 0.2) is 23.4 Å². The van der Waals surface area contributed by atoms with Crippen molar-refractivity contribution >= 4 is 23.1 Å². The molecule has 0 bridgehead atoms. The van der Waals surface area contributed by atoms with Crippen molar-refractivity contribution in [1.82, 2.24) is 0 Å². The molecule has 2 unspecified atom stereocenters. The standard InChI is InChI=1S/C14H18ClN3O2/c15-9-3-1-5-11(13(9)14(16)17-19)18-7-8-20-12-6-2-4-10(12)18/h1,3,5,10,12,19H,2,4,6-8H2,(H2,16,17). The van der Waals surface area contributed by atoms with Gasteiger partial charge in [-0.3, -0.25) is 0 Å². The van der Waals surface area contributed by atoms with Crippen LogP contribution in [0.25, 0.3) is 0 Å². The highest BCUT2D eigenvalue weighted by Crippen LogP contribution is 2.36. The summed E-state index contributed by atoms with van der Waals surface area (Å²) < 4.78 is 5.82. The first-order chi connectivity index (χ1) is 9.72. The number of halogens is 1. The van der Waals surface area contributed by atoms with Crippen LogP contribution in [0.1, 0.15) is 24.8 Å². The Hall–Kier alpha value is -1.46. The molecule has 2 fully saturated rings. The van der Waals surface area contributed by atoms with E-state index in [0.29, 0.717) is 23.2 Å². The van der Waals surface area contributed by atoms with Gasteiger partial charge in [0.15, 0.2) is 5.84 Å². The summed E-state index contributed by atoms with van der Waals surface area (Å²) in [5, 5.41) is 12.6. The molecule has 5 nitrogen and oxygen atoms in total. The fourth-order valence-electron chi connectivity index (χ4n) is 3.28. The minimum atomic E-state index is 0.0478. The third-order valence-corrected chi connectivity index (χ3v) is 4.46. The molecule has 20 heavy (non-hydrogen) atoms. The number of benzene rings is 1. The summed E-state index contributed by atoms with van der Waals surface area (Å²) in [5.74, 6) is 0.0478. The van der Waals surface area contributed by atoms with E-state index in [0.717, 1.165) is 25.1 Å². The minimum Gasteiger partial charge on any atom is -0.409 e. The number of morpholine rings is 1. The fraction of sp³-hybridized carbons (Fsp3) is 0.500. The van der Waals surface area contributed by atoms with E-state index in [1.807, 2.05) is 12.1 Å². The summed E-state index contributed by atoms with van der Waals surface area (Å²) in [6.45, 7) is 1.50. The average Bonchev–Trinajstić information content (AvgIpc) is 2.94. The van der Waals surface area contributed by atoms with Crippen LogP contribution in [0, 0.1) is 0 Å². The number of anilines is 1. The maximum absolute atomic E-state index is 8.98. The van der Waals surface area contributed by atoms with Crippen molar-refractivity contribution in [3.8, 4) is 0 Å². The van der Waals surface area contributed by atoms with E-state index in [1.165, 1.54) is 6.42 Å². The first-order valence-corrected chi connectivity index (χ1v) is 7.25. The fourth-order valence-corrected chi connectivity index (χ4v) is 3.55. The Morgan fingerprint density at radius 1 is 1.45 bits per heavy atom. The van der Waals surface area contributed by atoms with Crippen molar-refractivity contribution in [3.05, 3.63) is 28.8 Å². The molecule has 108 valence electrons. The van der Waals surface area contributed by atoms with E-state index in [1.54, 1.807) is 6.07 Å². The third kappa shape index (κ3) is 2.21. The molecule has 1 saturated heterocycles. The zero-order chi connectivity index (χ0) is 14.1. The summed E-state index contributed by atoms with van der Waals surface area (Å²) in [6.07, 6.45) is 3.65. The molecule has 1 saturated carbocycles. The summed E-state index contributed by atoms with van der Waals surface area (Å²) >= 11 is 6.24. The van der Waals surface area contributed by atoms with Crippen LogP contribution < -0.4 is 10.6 Å². The van der Waals surface area contributed by atoms with Crippen molar-refractivity contribution < 1.29 is 9.94 Å². The van der Waals surface area contributed by atoms with Gasteiger partial charge in [-0.1, -0.05) is 22.8 Å². The van der Waals surface area contributed by atoms with Gasteiger partial charge in [-0.05, 0) is 31.4 Å². The van der Waals surface area contributed by atoms with E-state index in [4.69, 9.17) is 27.3 Å². The van der Waals surface area contributed by atoms with E-state index in [-0.39, 0.29) is 11.9 Å². The van der Waals surface area contributed by atoms with Gasteiger partial charge in [-0.25, -0.2) is 0 Å². The molecule has 3 rings (SSSR count). The summed E-state index contributed by atoms with van der Waals surface area (Å²) in [7, 11) is 0. The van der Waals surface area contributed by atoms with Gasteiger partial charge in [-0.15, -0.1) is 0 Å². The maximum atomic E-state index is 8.98. The van der Waals surface area contributed by atoms with Gasteiger partial charge in [0.1, 0.15) is 0 Å². The lowest BCUT2D eigenvalue weighted by Crippen LogP contribution is -2.49. The maximum Gasteiger partial charge on any atom is 0.173 e. The predicted octanol–water partition coefficient (Wildman–Crippen LogP) is 2.19. The second-order valence-corrected chi connectivity index (χ2v) is 5.63. The topological polar surface area (TPSA) is 71.1 Å². The van der Waals surface area contributed by atoms with Crippen molar-refractivity contribution in [2.24, 2.45) is 10.9 Å². The normalized spacial score (nSPS) is 26.6. The van der Waals surface area contributed by atoms with Crippen molar-refractivity contribution in [2.75, 3.05) is 18.1 Å². The minimum absolute atomic E-state index is 0.0478. The molecule has 0 radical (unpaired) electrons. The van der Waals surface area contributed by atoms with Gasteiger partial charge in [-0.2, -0.15) is 0 Å². The number of fused-ring (bicyclic) bond motifs is 1. The van der Waals surface area contributed by atoms with E-state index >= 15 is 0 Å². The third-order valence-electron chi connectivity index (χ3n) is 4.15. The smallest absolute Gasteiger partial charge is 0.173 e. The molecular weight excluding hydrogens is 278 g/mol. The number of hydrogen-bond acceptors (Lipinski definition) is 4. The highest BCUT2D eigenvalue weighted by Gasteiger charge is 2.37. The predicted molar refractivity (Wildman–Crippen MR) is 78.7 cm³/mol. The number of ether oxygens (including phenoxy) is 1. The molecular formula is C14H18ClN3O2. The number of nitrogens with two attached hydrogens (primary N) is 1. The van der Waals surface area contributed by atoms with Crippen LogP contribution in [-0.2, 0) is 4.74 Å². The lowest BCUT2D eigenvalue weighted by Gasteiger charge is -2.40. The summed E-state index contributed by atoms with van der Waals surface area (Å²) in [6, 6.07) is 5.98. The van der Waals surface area contributed by atoms with Gasteiger partial charge in [0.2, 0.25) is 0 Å². The average molecular weight is 296 g/mol. The van der Waals surface area contributed by atoms with Crippen LogP contribution in [0.5, 0.6) is 0 Å². The van der Waals surface area contributed by atoms with Gasteiger partial charge in [0.25, 0.3) is 0 Å².